The molecule has 0 spiro atoms. The topological polar surface area (TPSA) is 71.2 Å². The molecule has 0 aliphatic heterocycles. The van der Waals surface area contributed by atoms with Gasteiger partial charge in [-0.2, -0.15) is 13.2 Å². The lowest BCUT2D eigenvalue weighted by atomic mass is 10.1. The summed E-state index contributed by atoms with van der Waals surface area (Å²) in [5, 5.41) is 2.39. The zero-order chi connectivity index (χ0) is 18.8. The van der Waals surface area contributed by atoms with Crippen molar-refractivity contribution in [3.63, 3.8) is 0 Å². The number of aromatic nitrogens is 1. The van der Waals surface area contributed by atoms with Crippen LogP contribution in [-0.4, -0.2) is 17.0 Å². The van der Waals surface area contributed by atoms with E-state index in [0.717, 1.165) is 0 Å². The van der Waals surface area contributed by atoms with E-state index in [1.807, 2.05) is 4.98 Å². The Hall–Kier alpha value is -2.48. The lowest BCUT2D eigenvalue weighted by molar-refractivity contribution is -0.137. The lowest BCUT2D eigenvalue weighted by Crippen LogP contribution is -2.22. The fraction of sp³-hybridized carbons (Fsp3) is 0.250. The molecule has 2 aromatic rings. The molecule has 2 N–H and O–H groups in total. The van der Waals surface area contributed by atoms with E-state index in [9.17, 15) is 22.8 Å². The molecule has 2 rings (SSSR count). The third-order valence-corrected chi connectivity index (χ3v) is 3.26. The standard InChI is InChI=1S/C16H14ClF3N2O3/c1-8(2)25-13-4-3-10(17)6-11(13)14(23)22-12-5-9(16(18,19)20)7-21-15(12)24/h3-8H,1-2H3,(H,21,24)(H,22,23). The maximum Gasteiger partial charge on any atom is 0.417 e. The molecule has 134 valence electrons. The largest absolute Gasteiger partial charge is 0.490 e. The summed E-state index contributed by atoms with van der Waals surface area (Å²) in [5.74, 6) is -0.622. The number of nitrogens with one attached hydrogen (secondary N) is 2. The Kier molecular flexibility index (Phi) is 5.42. The second-order valence-corrected chi connectivity index (χ2v) is 5.83. The van der Waals surface area contributed by atoms with Crippen LogP contribution in [0.1, 0.15) is 29.8 Å². The van der Waals surface area contributed by atoms with Gasteiger partial charge in [-0.05, 0) is 38.1 Å². The maximum atomic E-state index is 12.7. The summed E-state index contributed by atoms with van der Waals surface area (Å²) in [5.41, 5.74) is -2.49. The SMILES string of the molecule is CC(C)Oc1ccc(Cl)cc1C(=O)Nc1cc(C(F)(F)F)c[nH]c1=O. The molecule has 0 saturated heterocycles. The highest BCUT2D eigenvalue weighted by atomic mass is 35.5. The molecule has 0 unspecified atom stereocenters. The number of H-pyrrole nitrogens is 1. The van der Waals surface area contributed by atoms with Gasteiger partial charge >= 0.3 is 6.18 Å². The molecule has 1 heterocycles. The van der Waals surface area contributed by atoms with Crippen molar-refractivity contribution >= 4 is 23.2 Å². The molecule has 0 atom stereocenters. The van der Waals surface area contributed by atoms with Crippen molar-refractivity contribution in [2.24, 2.45) is 0 Å². The van der Waals surface area contributed by atoms with E-state index in [1.165, 1.54) is 18.2 Å². The highest BCUT2D eigenvalue weighted by Crippen LogP contribution is 2.29. The maximum absolute atomic E-state index is 12.7. The van der Waals surface area contributed by atoms with Gasteiger partial charge in [0.15, 0.2) is 0 Å². The van der Waals surface area contributed by atoms with Crippen LogP contribution < -0.4 is 15.6 Å². The minimum atomic E-state index is -4.66. The number of carbonyl (C=O) groups excluding carboxylic acids is 1. The van der Waals surface area contributed by atoms with Gasteiger partial charge in [0.25, 0.3) is 11.5 Å². The van der Waals surface area contributed by atoms with Crippen LogP contribution in [0.2, 0.25) is 5.02 Å². The minimum Gasteiger partial charge on any atom is -0.490 e. The van der Waals surface area contributed by atoms with Crippen LogP contribution in [0.4, 0.5) is 18.9 Å². The van der Waals surface area contributed by atoms with Gasteiger partial charge in [-0.25, -0.2) is 0 Å². The third-order valence-electron chi connectivity index (χ3n) is 3.03. The Balaban J connectivity index is 2.38. The van der Waals surface area contributed by atoms with Gasteiger partial charge in [0.05, 0.1) is 17.2 Å². The fourth-order valence-corrected chi connectivity index (χ4v) is 2.14. The van der Waals surface area contributed by atoms with E-state index >= 15 is 0 Å². The van der Waals surface area contributed by atoms with Crippen LogP contribution in [0.3, 0.4) is 0 Å². The van der Waals surface area contributed by atoms with Crippen molar-refractivity contribution in [3.05, 3.63) is 57.0 Å². The molecule has 0 radical (unpaired) electrons. The zero-order valence-electron chi connectivity index (χ0n) is 13.2. The third kappa shape index (κ3) is 4.76. The Bertz CT molecular complexity index is 847. The summed E-state index contributed by atoms with van der Waals surface area (Å²) in [6, 6.07) is 4.83. The van der Waals surface area contributed by atoms with Crippen molar-refractivity contribution in [1.29, 1.82) is 0 Å². The molecule has 1 aromatic carbocycles. The number of alkyl halides is 3. The van der Waals surface area contributed by atoms with Crippen LogP contribution in [0.25, 0.3) is 0 Å². The number of anilines is 1. The van der Waals surface area contributed by atoms with Gasteiger partial charge in [-0.15, -0.1) is 0 Å². The van der Waals surface area contributed by atoms with Crippen LogP contribution >= 0.6 is 11.6 Å². The Morgan fingerprint density at radius 3 is 2.56 bits per heavy atom. The Morgan fingerprint density at radius 1 is 1.28 bits per heavy atom. The molecule has 1 amide bonds. The number of carbonyl (C=O) groups is 1. The number of ether oxygens (including phenoxy) is 1. The molecule has 5 nitrogen and oxygen atoms in total. The summed E-state index contributed by atoms with van der Waals surface area (Å²) in [7, 11) is 0. The lowest BCUT2D eigenvalue weighted by Gasteiger charge is -2.15. The van der Waals surface area contributed by atoms with E-state index in [1.54, 1.807) is 13.8 Å². The number of benzene rings is 1. The van der Waals surface area contributed by atoms with Crippen molar-refractivity contribution < 1.29 is 22.7 Å². The molecule has 0 aliphatic rings. The molecule has 9 heteroatoms. The van der Waals surface area contributed by atoms with E-state index in [4.69, 9.17) is 16.3 Å². The molecular formula is C16H14ClF3N2O3. The number of halogens is 4. The van der Waals surface area contributed by atoms with Crippen LogP contribution in [-0.2, 0) is 6.18 Å². The molecule has 0 aliphatic carbocycles. The second-order valence-electron chi connectivity index (χ2n) is 5.39. The molecule has 0 saturated carbocycles. The predicted octanol–water partition coefficient (Wildman–Crippen LogP) is 4.09. The monoisotopic (exact) mass is 374 g/mol. The average Bonchev–Trinajstić information content (AvgIpc) is 2.49. The van der Waals surface area contributed by atoms with Crippen molar-refractivity contribution in [1.82, 2.24) is 4.98 Å². The summed E-state index contributed by atoms with van der Waals surface area (Å²) in [6.07, 6.45) is -4.37. The number of rotatable bonds is 4. The number of amides is 1. The molecule has 0 bridgehead atoms. The smallest absolute Gasteiger partial charge is 0.417 e. The normalized spacial score (nSPS) is 11.5. The first kappa shape index (κ1) is 18.9. The van der Waals surface area contributed by atoms with Gasteiger partial charge in [0.2, 0.25) is 0 Å². The van der Waals surface area contributed by atoms with E-state index < -0.39 is 28.9 Å². The van der Waals surface area contributed by atoms with Gasteiger partial charge < -0.3 is 15.0 Å². The van der Waals surface area contributed by atoms with Crippen LogP contribution in [0.5, 0.6) is 5.75 Å². The Morgan fingerprint density at radius 2 is 1.96 bits per heavy atom. The molecule has 1 aromatic heterocycles. The van der Waals surface area contributed by atoms with E-state index in [2.05, 4.69) is 5.32 Å². The second kappa shape index (κ2) is 7.18. The van der Waals surface area contributed by atoms with Gasteiger partial charge in [0, 0.05) is 11.2 Å². The van der Waals surface area contributed by atoms with Crippen molar-refractivity contribution in [2.45, 2.75) is 26.1 Å². The van der Waals surface area contributed by atoms with Gasteiger partial charge in [0.1, 0.15) is 11.4 Å². The predicted molar refractivity (Wildman–Crippen MR) is 87.2 cm³/mol. The van der Waals surface area contributed by atoms with Crippen molar-refractivity contribution in [2.75, 3.05) is 5.32 Å². The molecule has 0 fully saturated rings. The first-order valence-corrected chi connectivity index (χ1v) is 7.53. The first-order valence-electron chi connectivity index (χ1n) is 7.15. The fourth-order valence-electron chi connectivity index (χ4n) is 1.97. The number of pyridine rings is 1. The molecule has 25 heavy (non-hydrogen) atoms. The number of hydrogen-bond donors (Lipinski definition) is 2. The first-order chi connectivity index (χ1) is 11.6. The minimum absolute atomic E-state index is 0.00184. The van der Waals surface area contributed by atoms with Crippen LogP contribution in [0, 0.1) is 0 Å². The average molecular weight is 375 g/mol. The summed E-state index contributed by atoms with van der Waals surface area (Å²) in [4.78, 5) is 26.0. The summed E-state index contributed by atoms with van der Waals surface area (Å²) < 4.78 is 43.7. The summed E-state index contributed by atoms with van der Waals surface area (Å²) in [6.45, 7) is 3.49. The molecular weight excluding hydrogens is 361 g/mol. The van der Waals surface area contributed by atoms with Crippen molar-refractivity contribution in [3.8, 4) is 5.75 Å². The van der Waals surface area contributed by atoms with Crippen LogP contribution in [0.15, 0.2) is 35.3 Å². The quantitative estimate of drug-likeness (QED) is 0.846. The van der Waals surface area contributed by atoms with E-state index in [-0.39, 0.29) is 22.4 Å². The van der Waals surface area contributed by atoms with Gasteiger partial charge in [-0.1, -0.05) is 11.6 Å². The number of hydrogen-bond acceptors (Lipinski definition) is 3. The number of aromatic amines is 1. The summed E-state index contributed by atoms with van der Waals surface area (Å²) >= 11 is 5.86. The highest BCUT2D eigenvalue weighted by Gasteiger charge is 2.31. The van der Waals surface area contributed by atoms with Gasteiger partial charge in [-0.3, -0.25) is 9.59 Å². The Labute approximate surface area is 145 Å². The van der Waals surface area contributed by atoms with E-state index in [0.29, 0.717) is 12.3 Å². The zero-order valence-corrected chi connectivity index (χ0v) is 14.0. The highest BCUT2D eigenvalue weighted by molar-refractivity contribution is 6.31.